The number of sulfonamides is 1. The molecule has 1 aliphatic rings. The average Bonchev–Trinajstić information content (AvgIpc) is 3.14. The first-order chi connectivity index (χ1) is 13.3. The Morgan fingerprint density at radius 2 is 2.00 bits per heavy atom. The van der Waals surface area contributed by atoms with Crippen LogP contribution in [0.2, 0.25) is 0 Å². The molecule has 1 amide bonds. The third-order valence-corrected chi connectivity index (χ3v) is 5.87. The molecule has 0 saturated heterocycles. The predicted octanol–water partition coefficient (Wildman–Crippen LogP) is 3.15. The van der Waals surface area contributed by atoms with Gasteiger partial charge < -0.3 is 4.74 Å². The van der Waals surface area contributed by atoms with Crippen molar-refractivity contribution >= 4 is 27.3 Å². The minimum Gasteiger partial charge on any atom is -0.497 e. The molecule has 0 aliphatic carbocycles. The lowest BCUT2D eigenvalue weighted by atomic mass is 9.98. The molecule has 0 fully saturated rings. The zero-order valence-corrected chi connectivity index (χ0v) is 16.9. The maximum atomic E-state index is 12.2. The highest BCUT2D eigenvalue weighted by Crippen LogP contribution is 2.34. The van der Waals surface area contributed by atoms with Crippen molar-refractivity contribution in [3.8, 4) is 5.75 Å². The van der Waals surface area contributed by atoms with E-state index in [1.165, 1.54) is 11.9 Å². The van der Waals surface area contributed by atoms with E-state index in [2.05, 4.69) is 9.82 Å². The Kier molecular flexibility index (Phi) is 5.69. The van der Waals surface area contributed by atoms with Crippen molar-refractivity contribution in [1.29, 1.82) is 0 Å². The van der Waals surface area contributed by atoms with Crippen LogP contribution in [0.3, 0.4) is 0 Å². The summed E-state index contributed by atoms with van der Waals surface area (Å²) < 4.78 is 31.5. The van der Waals surface area contributed by atoms with E-state index in [0.29, 0.717) is 17.9 Å². The van der Waals surface area contributed by atoms with Gasteiger partial charge in [-0.2, -0.15) is 5.10 Å². The van der Waals surface area contributed by atoms with Gasteiger partial charge in [-0.1, -0.05) is 24.3 Å². The number of hydrogen-bond donors (Lipinski definition) is 1. The van der Waals surface area contributed by atoms with Crippen LogP contribution in [-0.4, -0.2) is 37.9 Å². The molecule has 1 unspecified atom stereocenters. The monoisotopic (exact) mass is 401 g/mol. The molecule has 0 bridgehead atoms. The number of rotatable bonds is 6. The molecule has 0 aromatic heterocycles. The quantitative estimate of drug-likeness (QED) is 0.805. The maximum absolute atomic E-state index is 12.2. The molecule has 2 aromatic rings. The normalized spacial score (nSPS) is 16.6. The molecule has 1 atom stereocenters. The fourth-order valence-corrected chi connectivity index (χ4v) is 3.73. The van der Waals surface area contributed by atoms with Gasteiger partial charge in [0.25, 0.3) is 0 Å². The number of anilines is 1. The summed E-state index contributed by atoms with van der Waals surface area (Å²) in [6.07, 6.45) is 0.525. The molecule has 1 aliphatic heterocycles. The number of methoxy groups -OCH3 is 1. The molecule has 0 radical (unpaired) electrons. The number of hydrogen-bond acceptors (Lipinski definition) is 5. The van der Waals surface area contributed by atoms with Gasteiger partial charge in [0.2, 0.25) is 15.9 Å². The van der Waals surface area contributed by atoms with Gasteiger partial charge in [-0.25, -0.2) is 13.4 Å². The van der Waals surface area contributed by atoms with Crippen molar-refractivity contribution in [3.63, 3.8) is 0 Å². The van der Waals surface area contributed by atoms with Crippen molar-refractivity contribution in [2.45, 2.75) is 26.3 Å². The van der Waals surface area contributed by atoms with Crippen LogP contribution < -0.4 is 9.46 Å². The number of benzene rings is 2. The van der Waals surface area contributed by atoms with Crippen LogP contribution in [0, 0.1) is 0 Å². The second-order valence-corrected chi connectivity index (χ2v) is 8.50. The van der Waals surface area contributed by atoms with Crippen molar-refractivity contribution in [2.24, 2.45) is 5.10 Å². The second-order valence-electron chi connectivity index (χ2n) is 6.49. The first kappa shape index (κ1) is 19.9. The van der Waals surface area contributed by atoms with Crippen LogP contribution in [0.4, 0.5) is 5.69 Å². The second kappa shape index (κ2) is 8.02. The molecule has 7 nitrogen and oxygen atoms in total. The molecule has 28 heavy (non-hydrogen) atoms. The smallest absolute Gasteiger partial charge is 0.240 e. The summed E-state index contributed by atoms with van der Waals surface area (Å²) in [7, 11) is -1.77. The van der Waals surface area contributed by atoms with Crippen molar-refractivity contribution in [2.75, 3.05) is 17.6 Å². The summed E-state index contributed by atoms with van der Waals surface area (Å²) in [5.74, 6) is 0.546. The summed E-state index contributed by atoms with van der Waals surface area (Å²) in [5, 5.41) is 5.98. The van der Waals surface area contributed by atoms with Gasteiger partial charge in [-0.05, 0) is 42.3 Å². The van der Waals surface area contributed by atoms with E-state index in [4.69, 9.17) is 4.74 Å². The third-order valence-electron chi connectivity index (χ3n) is 4.56. The van der Waals surface area contributed by atoms with Crippen LogP contribution in [0.5, 0.6) is 5.75 Å². The molecular formula is C20H23N3O4S. The topological polar surface area (TPSA) is 88.1 Å². The number of hydrazone groups is 1. The van der Waals surface area contributed by atoms with Gasteiger partial charge in [-0.15, -0.1) is 0 Å². The minimum absolute atomic E-state index is 0.00575. The SMILES string of the molecule is CCS(=O)(=O)Nc1cccc(C2=NN(C(C)=O)C(c3cccc(OC)c3)C2)c1. The highest BCUT2D eigenvalue weighted by Gasteiger charge is 2.31. The molecule has 1 heterocycles. The van der Waals surface area contributed by atoms with Gasteiger partial charge >= 0.3 is 0 Å². The summed E-state index contributed by atoms with van der Waals surface area (Å²) >= 11 is 0. The Labute approximate surface area is 165 Å². The number of nitrogens with zero attached hydrogens (tertiary/aromatic N) is 2. The largest absolute Gasteiger partial charge is 0.497 e. The maximum Gasteiger partial charge on any atom is 0.240 e. The Morgan fingerprint density at radius 1 is 1.25 bits per heavy atom. The molecule has 1 N–H and O–H groups in total. The van der Waals surface area contributed by atoms with E-state index >= 15 is 0 Å². The first-order valence-corrected chi connectivity index (χ1v) is 10.6. The lowest BCUT2D eigenvalue weighted by molar-refractivity contribution is -0.130. The van der Waals surface area contributed by atoms with Gasteiger partial charge in [0.05, 0.1) is 24.6 Å². The summed E-state index contributed by atoms with van der Waals surface area (Å²) in [6, 6.07) is 14.4. The summed E-state index contributed by atoms with van der Waals surface area (Å²) in [4.78, 5) is 12.2. The van der Waals surface area contributed by atoms with Crippen molar-refractivity contribution < 1.29 is 17.9 Å². The summed E-state index contributed by atoms with van der Waals surface area (Å²) in [6.45, 7) is 3.06. The number of ether oxygens (including phenoxy) is 1. The number of nitrogens with one attached hydrogen (secondary N) is 1. The fraction of sp³-hybridized carbons (Fsp3) is 0.300. The van der Waals surface area contributed by atoms with Crippen LogP contribution in [0.1, 0.15) is 37.4 Å². The van der Waals surface area contributed by atoms with Gasteiger partial charge in [-0.3, -0.25) is 9.52 Å². The van der Waals surface area contributed by atoms with Crippen molar-refractivity contribution in [1.82, 2.24) is 5.01 Å². The zero-order valence-electron chi connectivity index (χ0n) is 16.0. The van der Waals surface area contributed by atoms with E-state index in [1.54, 1.807) is 32.2 Å². The van der Waals surface area contributed by atoms with E-state index < -0.39 is 10.0 Å². The van der Waals surface area contributed by atoms with Crippen LogP contribution in [-0.2, 0) is 14.8 Å². The molecule has 0 saturated carbocycles. The standard InChI is InChI=1S/C20H23N3O4S/c1-4-28(25,26)22-17-9-5-7-15(11-17)19-13-20(23(21-19)14(2)24)16-8-6-10-18(12-16)27-3/h5-12,20,22H,4,13H2,1-3H3. The Morgan fingerprint density at radius 3 is 2.68 bits per heavy atom. The van der Waals surface area contributed by atoms with E-state index in [1.807, 2.05) is 30.3 Å². The molecule has 3 rings (SSSR count). The highest BCUT2D eigenvalue weighted by atomic mass is 32.2. The highest BCUT2D eigenvalue weighted by molar-refractivity contribution is 7.92. The van der Waals surface area contributed by atoms with E-state index in [-0.39, 0.29) is 17.7 Å². The number of carbonyl (C=O) groups excluding carboxylic acids is 1. The first-order valence-electron chi connectivity index (χ1n) is 8.95. The zero-order chi connectivity index (χ0) is 20.3. The van der Waals surface area contributed by atoms with Gasteiger partial charge in [0, 0.05) is 19.0 Å². The van der Waals surface area contributed by atoms with E-state index in [9.17, 15) is 13.2 Å². The average molecular weight is 401 g/mol. The molecule has 2 aromatic carbocycles. The van der Waals surface area contributed by atoms with Gasteiger partial charge in [0.15, 0.2) is 0 Å². The fourth-order valence-electron chi connectivity index (χ4n) is 3.10. The van der Waals surface area contributed by atoms with Gasteiger partial charge in [0.1, 0.15) is 5.75 Å². The number of carbonyl (C=O) groups is 1. The van der Waals surface area contributed by atoms with E-state index in [0.717, 1.165) is 16.8 Å². The third kappa shape index (κ3) is 4.33. The van der Waals surface area contributed by atoms with Crippen LogP contribution in [0.15, 0.2) is 53.6 Å². The minimum atomic E-state index is -3.37. The Hall–Kier alpha value is -2.87. The molecule has 148 valence electrons. The predicted molar refractivity (Wildman–Crippen MR) is 109 cm³/mol. The van der Waals surface area contributed by atoms with Crippen molar-refractivity contribution in [3.05, 3.63) is 59.7 Å². The van der Waals surface area contributed by atoms with Crippen LogP contribution in [0.25, 0.3) is 0 Å². The lowest BCUT2D eigenvalue weighted by Crippen LogP contribution is -2.24. The summed E-state index contributed by atoms with van der Waals surface area (Å²) in [5.41, 5.74) is 2.89. The molecule has 8 heteroatoms. The van der Waals surface area contributed by atoms with Crippen LogP contribution >= 0.6 is 0 Å². The Bertz CT molecular complexity index is 1020. The molecular weight excluding hydrogens is 378 g/mol. The lowest BCUT2D eigenvalue weighted by Gasteiger charge is -2.20. The number of amides is 1. The molecule has 0 spiro atoms. The Balaban J connectivity index is 1.91.